The first kappa shape index (κ1) is 15.6. The molecule has 1 fully saturated rings. The van der Waals surface area contributed by atoms with E-state index in [9.17, 15) is 23.3 Å². The van der Waals surface area contributed by atoms with E-state index >= 15 is 0 Å². The molecular weight excluding hydrogens is 285 g/mol. The molecule has 0 heterocycles. The van der Waals surface area contributed by atoms with Crippen molar-refractivity contribution < 1.29 is 18.1 Å². The first-order valence-corrected chi connectivity index (χ1v) is 6.71. The van der Waals surface area contributed by atoms with Crippen LogP contribution in [0.25, 0.3) is 0 Å². The number of nitrogens with one attached hydrogen (secondary N) is 1. The van der Waals surface area contributed by atoms with Crippen LogP contribution in [-0.2, 0) is 6.18 Å². The number of nitro benzene ring substituents is 1. The number of nitro groups is 1. The molecule has 1 N–H and O–H groups in total. The van der Waals surface area contributed by atoms with E-state index in [2.05, 4.69) is 19.2 Å². The monoisotopic (exact) mass is 302 g/mol. The average Bonchev–Trinajstić information content (AvgIpc) is 2.67. The fourth-order valence-electron chi connectivity index (χ4n) is 2.76. The van der Waals surface area contributed by atoms with Gasteiger partial charge < -0.3 is 5.32 Å². The Bertz CT molecular complexity index is 556. The largest absolute Gasteiger partial charge is 0.416 e. The summed E-state index contributed by atoms with van der Waals surface area (Å²) in [7, 11) is 0. The summed E-state index contributed by atoms with van der Waals surface area (Å²) in [6.45, 7) is 4.21. The third-order valence-corrected chi connectivity index (χ3v) is 3.85. The zero-order valence-electron chi connectivity index (χ0n) is 11.8. The predicted molar refractivity (Wildman–Crippen MR) is 73.1 cm³/mol. The molecule has 1 aromatic rings. The maximum absolute atomic E-state index is 12.6. The Morgan fingerprint density at radius 3 is 2.52 bits per heavy atom. The highest BCUT2D eigenvalue weighted by Crippen LogP contribution is 2.40. The Balaban J connectivity index is 2.26. The molecule has 7 heteroatoms. The molecule has 0 saturated heterocycles. The van der Waals surface area contributed by atoms with Crippen molar-refractivity contribution in [2.45, 2.75) is 45.3 Å². The van der Waals surface area contributed by atoms with Crippen LogP contribution in [-0.4, -0.2) is 11.0 Å². The van der Waals surface area contributed by atoms with Gasteiger partial charge in [-0.1, -0.05) is 13.8 Å². The van der Waals surface area contributed by atoms with Crippen LogP contribution < -0.4 is 5.32 Å². The molecule has 1 unspecified atom stereocenters. The quantitative estimate of drug-likeness (QED) is 0.655. The molecule has 0 spiro atoms. The molecule has 1 saturated carbocycles. The molecular formula is C14H17F3N2O2. The summed E-state index contributed by atoms with van der Waals surface area (Å²) < 4.78 is 37.9. The van der Waals surface area contributed by atoms with Crippen LogP contribution in [0, 0.1) is 15.5 Å². The highest BCUT2D eigenvalue weighted by Gasteiger charge is 2.35. The summed E-state index contributed by atoms with van der Waals surface area (Å²) in [5.74, 6) is 0. The maximum atomic E-state index is 12.6. The predicted octanol–water partition coefficient (Wildman–Crippen LogP) is 4.60. The minimum Gasteiger partial charge on any atom is -0.377 e. The standard InChI is InChI=1S/C14H17F3N2O2/c1-13(2)6-5-10(8-13)18-11-4-3-9(14(15,16)17)7-12(11)19(20)21/h3-4,7,10,18H,5-6,8H2,1-2H3. The Labute approximate surface area is 120 Å². The van der Waals surface area contributed by atoms with Gasteiger partial charge in [0.2, 0.25) is 0 Å². The zero-order chi connectivity index (χ0) is 15.8. The number of alkyl halides is 3. The third kappa shape index (κ3) is 3.65. The smallest absolute Gasteiger partial charge is 0.377 e. The van der Waals surface area contributed by atoms with Crippen LogP contribution in [0.3, 0.4) is 0 Å². The maximum Gasteiger partial charge on any atom is 0.416 e. The lowest BCUT2D eigenvalue weighted by molar-refractivity contribution is -0.384. The molecule has 1 aliphatic rings. The van der Waals surface area contributed by atoms with Crippen molar-refractivity contribution in [1.29, 1.82) is 0 Å². The number of anilines is 1. The molecule has 0 amide bonds. The highest BCUT2D eigenvalue weighted by atomic mass is 19.4. The number of benzene rings is 1. The summed E-state index contributed by atoms with van der Waals surface area (Å²) in [6, 6.07) is 2.65. The summed E-state index contributed by atoms with van der Waals surface area (Å²) >= 11 is 0. The van der Waals surface area contributed by atoms with E-state index < -0.39 is 22.4 Å². The van der Waals surface area contributed by atoms with E-state index in [4.69, 9.17) is 0 Å². The van der Waals surface area contributed by atoms with Crippen molar-refractivity contribution in [2.75, 3.05) is 5.32 Å². The van der Waals surface area contributed by atoms with Gasteiger partial charge in [-0.05, 0) is 36.8 Å². The van der Waals surface area contributed by atoms with Gasteiger partial charge in [-0.25, -0.2) is 0 Å². The van der Waals surface area contributed by atoms with Crippen LogP contribution in [0.1, 0.15) is 38.7 Å². The van der Waals surface area contributed by atoms with Crippen LogP contribution >= 0.6 is 0 Å². The first-order chi connectivity index (χ1) is 9.58. The van der Waals surface area contributed by atoms with Gasteiger partial charge in [0.25, 0.3) is 5.69 Å². The lowest BCUT2D eigenvalue weighted by Gasteiger charge is -2.19. The second kappa shape index (κ2) is 5.20. The van der Waals surface area contributed by atoms with Gasteiger partial charge in [-0.15, -0.1) is 0 Å². The normalized spacial score (nSPS) is 21.3. The van der Waals surface area contributed by atoms with E-state index in [1.54, 1.807) is 0 Å². The van der Waals surface area contributed by atoms with Gasteiger partial charge in [-0.3, -0.25) is 10.1 Å². The van der Waals surface area contributed by atoms with Gasteiger partial charge in [-0.2, -0.15) is 13.2 Å². The molecule has 4 nitrogen and oxygen atoms in total. The van der Waals surface area contributed by atoms with Crippen molar-refractivity contribution >= 4 is 11.4 Å². The Morgan fingerprint density at radius 2 is 2.05 bits per heavy atom. The lowest BCUT2D eigenvalue weighted by atomic mass is 9.92. The molecule has 1 aromatic carbocycles. The highest BCUT2D eigenvalue weighted by molar-refractivity contribution is 5.63. The molecule has 116 valence electrons. The van der Waals surface area contributed by atoms with Gasteiger partial charge in [0, 0.05) is 12.1 Å². The Kier molecular flexibility index (Phi) is 3.86. The first-order valence-electron chi connectivity index (χ1n) is 6.71. The summed E-state index contributed by atoms with van der Waals surface area (Å²) in [4.78, 5) is 10.2. The second-order valence-corrected chi connectivity index (χ2v) is 6.24. The van der Waals surface area contributed by atoms with Crippen LogP contribution in [0.2, 0.25) is 0 Å². The van der Waals surface area contributed by atoms with Crippen molar-refractivity contribution in [2.24, 2.45) is 5.41 Å². The zero-order valence-corrected chi connectivity index (χ0v) is 11.8. The number of hydrogen-bond acceptors (Lipinski definition) is 3. The van der Waals surface area contributed by atoms with E-state index in [0.29, 0.717) is 6.07 Å². The van der Waals surface area contributed by atoms with Crippen molar-refractivity contribution in [3.8, 4) is 0 Å². The van der Waals surface area contributed by atoms with Crippen molar-refractivity contribution in [1.82, 2.24) is 0 Å². The molecule has 0 aliphatic heterocycles. The molecule has 1 atom stereocenters. The SMILES string of the molecule is CC1(C)CCC(Nc2ccc(C(F)(F)F)cc2[N+](=O)[O-])C1. The minimum atomic E-state index is -4.58. The average molecular weight is 302 g/mol. The third-order valence-electron chi connectivity index (χ3n) is 3.85. The van der Waals surface area contributed by atoms with Crippen molar-refractivity contribution in [3.05, 3.63) is 33.9 Å². The number of hydrogen-bond donors (Lipinski definition) is 1. The molecule has 0 aromatic heterocycles. The van der Waals surface area contributed by atoms with E-state index in [1.165, 1.54) is 0 Å². The molecule has 0 bridgehead atoms. The molecule has 21 heavy (non-hydrogen) atoms. The van der Waals surface area contributed by atoms with E-state index in [-0.39, 0.29) is 17.1 Å². The topological polar surface area (TPSA) is 55.2 Å². The number of rotatable bonds is 3. The van der Waals surface area contributed by atoms with E-state index in [0.717, 1.165) is 31.4 Å². The van der Waals surface area contributed by atoms with Crippen LogP contribution in [0.4, 0.5) is 24.5 Å². The van der Waals surface area contributed by atoms with Crippen LogP contribution in [0.15, 0.2) is 18.2 Å². The minimum absolute atomic E-state index is 0.0513. The molecule has 0 radical (unpaired) electrons. The summed E-state index contributed by atoms with van der Waals surface area (Å²) in [6.07, 6.45) is -1.91. The summed E-state index contributed by atoms with van der Waals surface area (Å²) in [5, 5.41) is 14.0. The molecule has 1 aliphatic carbocycles. The van der Waals surface area contributed by atoms with Gasteiger partial charge in [0.1, 0.15) is 5.69 Å². The fourth-order valence-corrected chi connectivity index (χ4v) is 2.76. The lowest BCUT2D eigenvalue weighted by Crippen LogP contribution is -2.18. The molecule has 2 rings (SSSR count). The van der Waals surface area contributed by atoms with Gasteiger partial charge in [0.15, 0.2) is 0 Å². The van der Waals surface area contributed by atoms with Gasteiger partial charge in [0.05, 0.1) is 10.5 Å². The van der Waals surface area contributed by atoms with Gasteiger partial charge >= 0.3 is 6.18 Å². The Morgan fingerprint density at radius 1 is 1.38 bits per heavy atom. The van der Waals surface area contributed by atoms with Crippen LogP contribution in [0.5, 0.6) is 0 Å². The Hall–Kier alpha value is -1.79. The second-order valence-electron chi connectivity index (χ2n) is 6.24. The van der Waals surface area contributed by atoms with Crippen molar-refractivity contribution in [3.63, 3.8) is 0 Å². The fraction of sp³-hybridized carbons (Fsp3) is 0.571. The van der Waals surface area contributed by atoms with E-state index in [1.807, 2.05) is 0 Å². The number of nitrogens with zero attached hydrogens (tertiary/aromatic N) is 1. The summed E-state index contributed by atoms with van der Waals surface area (Å²) in [5.41, 5.74) is -1.24. The number of halogens is 3.